The second kappa shape index (κ2) is 10.8. The molecule has 4 aliphatic rings. The maximum atomic E-state index is 16.0. The van der Waals surface area contributed by atoms with E-state index in [0.717, 1.165) is 25.3 Å². The fourth-order valence-corrected chi connectivity index (χ4v) is 5.36. The molecule has 1 amide bonds. The first-order valence-corrected chi connectivity index (χ1v) is 13.2. The summed E-state index contributed by atoms with van der Waals surface area (Å²) >= 11 is 0. The van der Waals surface area contributed by atoms with Crippen LogP contribution in [0.5, 0.6) is 0 Å². The van der Waals surface area contributed by atoms with E-state index in [1.807, 2.05) is 19.9 Å². The largest absolute Gasteiger partial charge is 0.474 e. The number of alkyl halides is 1. The standard InChI is InChI=1S/C28H32F2N4O4/c1-3-18-7-10-32-26(23(30)24(18)33-22-6-5-17(12-31)11-21(22)29)37-25-19-13-34(14-20(25)16-36-15-19)27(35)38-28(4-2)8-9-28/h5-7,11,19-20,23,25H,3-4,8-10,13-16H2,1-2H3. The van der Waals surface area contributed by atoms with Crippen LogP contribution in [-0.4, -0.2) is 73.3 Å². The van der Waals surface area contributed by atoms with Crippen LogP contribution in [0.1, 0.15) is 45.1 Å². The second-order valence-corrected chi connectivity index (χ2v) is 10.3. The van der Waals surface area contributed by atoms with Crippen LogP contribution < -0.4 is 0 Å². The number of allylic oxidation sites excluding steroid dienone is 1. The Balaban J connectivity index is 1.33. The Morgan fingerprint density at radius 1 is 1.29 bits per heavy atom. The fraction of sp³-hybridized carbons (Fsp3) is 0.571. The van der Waals surface area contributed by atoms with Crippen molar-refractivity contribution >= 4 is 23.4 Å². The van der Waals surface area contributed by atoms with E-state index >= 15 is 4.39 Å². The smallest absolute Gasteiger partial charge is 0.410 e. The lowest BCUT2D eigenvalue weighted by molar-refractivity contribution is -0.116. The third-order valence-corrected chi connectivity index (χ3v) is 7.84. The Morgan fingerprint density at radius 2 is 2.03 bits per heavy atom. The number of halogens is 2. The molecule has 3 atom stereocenters. The molecule has 0 spiro atoms. The molecule has 1 aliphatic carbocycles. The van der Waals surface area contributed by atoms with Gasteiger partial charge in [-0.1, -0.05) is 19.9 Å². The molecule has 5 rings (SSSR count). The molecule has 202 valence electrons. The van der Waals surface area contributed by atoms with Gasteiger partial charge < -0.3 is 19.1 Å². The average molecular weight is 527 g/mol. The van der Waals surface area contributed by atoms with E-state index < -0.39 is 12.0 Å². The molecular formula is C28H32F2N4O4. The van der Waals surface area contributed by atoms with E-state index in [2.05, 4.69) is 9.98 Å². The third kappa shape index (κ3) is 5.30. The summed E-state index contributed by atoms with van der Waals surface area (Å²) in [5.74, 6) is -1.14. The minimum Gasteiger partial charge on any atom is -0.474 e. The van der Waals surface area contributed by atoms with Crippen molar-refractivity contribution in [3.8, 4) is 6.07 Å². The van der Waals surface area contributed by atoms with Crippen molar-refractivity contribution < 1.29 is 27.8 Å². The van der Waals surface area contributed by atoms with Crippen LogP contribution in [0.4, 0.5) is 19.3 Å². The Kier molecular flexibility index (Phi) is 7.48. The van der Waals surface area contributed by atoms with Gasteiger partial charge in [-0.15, -0.1) is 0 Å². The Hall–Kier alpha value is -3.32. The summed E-state index contributed by atoms with van der Waals surface area (Å²) in [5.41, 5.74) is 0.450. The van der Waals surface area contributed by atoms with Gasteiger partial charge in [0.2, 0.25) is 12.1 Å². The summed E-state index contributed by atoms with van der Waals surface area (Å²) in [6.45, 7) is 5.64. The summed E-state index contributed by atoms with van der Waals surface area (Å²) < 4.78 is 48.4. The van der Waals surface area contributed by atoms with E-state index in [1.54, 1.807) is 11.0 Å². The minimum absolute atomic E-state index is 0.0454. The van der Waals surface area contributed by atoms with Crippen LogP contribution in [0.2, 0.25) is 0 Å². The molecule has 3 aliphatic heterocycles. The first-order chi connectivity index (χ1) is 18.4. The maximum Gasteiger partial charge on any atom is 0.410 e. The average Bonchev–Trinajstić information content (AvgIpc) is 3.70. The van der Waals surface area contributed by atoms with E-state index in [4.69, 9.17) is 19.5 Å². The minimum atomic E-state index is -1.79. The van der Waals surface area contributed by atoms with Crippen molar-refractivity contribution in [3.63, 3.8) is 0 Å². The highest BCUT2D eigenvalue weighted by Gasteiger charge is 2.49. The molecule has 1 aromatic rings. The van der Waals surface area contributed by atoms with Crippen molar-refractivity contribution in [1.82, 2.24) is 4.90 Å². The van der Waals surface area contributed by atoms with Crippen LogP contribution >= 0.6 is 0 Å². The van der Waals surface area contributed by atoms with Gasteiger partial charge in [-0.25, -0.2) is 23.6 Å². The van der Waals surface area contributed by atoms with Crippen molar-refractivity contribution in [2.24, 2.45) is 21.8 Å². The number of fused-ring (bicyclic) bond motifs is 2. The third-order valence-electron chi connectivity index (χ3n) is 7.84. The zero-order valence-corrected chi connectivity index (χ0v) is 21.7. The molecule has 3 heterocycles. The highest BCUT2D eigenvalue weighted by molar-refractivity contribution is 6.16. The van der Waals surface area contributed by atoms with Crippen LogP contribution in [-0.2, 0) is 14.2 Å². The molecule has 1 aromatic carbocycles. The second-order valence-electron chi connectivity index (χ2n) is 10.3. The lowest BCUT2D eigenvalue weighted by Crippen LogP contribution is -2.58. The Bertz CT molecular complexity index is 1210. The first-order valence-electron chi connectivity index (χ1n) is 13.2. The normalized spacial score (nSPS) is 29.0. The number of carbonyl (C=O) groups excluding carboxylic acids is 1. The topological polar surface area (TPSA) is 96.5 Å². The van der Waals surface area contributed by atoms with E-state index in [0.29, 0.717) is 38.3 Å². The van der Waals surface area contributed by atoms with Crippen LogP contribution in [0.3, 0.4) is 0 Å². The molecule has 10 heteroatoms. The number of aliphatic imine (C=N–C) groups is 2. The lowest BCUT2D eigenvalue weighted by atomic mass is 9.84. The maximum absolute atomic E-state index is 16.0. The number of amides is 1. The number of nitrogens with zero attached hydrogens (tertiary/aromatic N) is 4. The lowest BCUT2D eigenvalue weighted by Gasteiger charge is -2.46. The van der Waals surface area contributed by atoms with Gasteiger partial charge in [0.1, 0.15) is 17.5 Å². The number of rotatable bonds is 5. The highest BCUT2D eigenvalue weighted by Crippen LogP contribution is 2.43. The predicted octanol–water partition coefficient (Wildman–Crippen LogP) is 4.90. The summed E-state index contributed by atoms with van der Waals surface area (Å²) in [6.07, 6.45) is 2.36. The van der Waals surface area contributed by atoms with E-state index in [-0.39, 0.29) is 59.0 Å². The van der Waals surface area contributed by atoms with Crippen molar-refractivity contribution in [2.45, 2.75) is 57.4 Å². The van der Waals surface area contributed by atoms with Crippen molar-refractivity contribution in [2.75, 3.05) is 32.8 Å². The quantitative estimate of drug-likeness (QED) is 0.544. The van der Waals surface area contributed by atoms with Crippen LogP contribution in [0.15, 0.2) is 39.8 Å². The van der Waals surface area contributed by atoms with Crippen molar-refractivity contribution in [3.05, 3.63) is 41.2 Å². The number of benzene rings is 1. The van der Waals surface area contributed by atoms with Gasteiger partial charge in [-0.05, 0) is 49.5 Å². The number of piperidine rings is 1. The Labute approximate surface area is 221 Å². The number of ether oxygens (including phenoxy) is 3. The summed E-state index contributed by atoms with van der Waals surface area (Å²) in [4.78, 5) is 23.3. The number of hydrogen-bond donors (Lipinski definition) is 0. The molecule has 8 nitrogen and oxygen atoms in total. The van der Waals surface area contributed by atoms with E-state index in [9.17, 15) is 9.18 Å². The monoisotopic (exact) mass is 526 g/mol. The number of nitriles is 1. The van der Waals surface area contributed by atoms with Gasteiger partial charge in [-0.3, -0.25) is 0 Å². The number of hydrogen-bond acceptors (Lipinski definition) is 7. The number of likely N-dealkylation sites (tertiary alicyclic amines) is 1. The molecule has 2 saturated heterocycles. The van der Waals surface area contributed by atoms with Crippen LogP contribution in [0.25, 0.3) is 0 Å². The predicted molar refractivity (Wildman–Crippen MR) is 137 cm³/mol. The molecule has 1 saturated carbocycles. The SMILES string of the molecule is CCC1=CCN=C(OC2C3COCC2CN(C(=O)OC2(CC)CC2)C3)C(F)C1=Nc1ccc(C#N)cc1F. The molecule has 3 fully saturated rings. The number of carbonyl (C=O) groups is 1. The zero-order chi connectivity index (χ0) is 26.9. The van der Waals surface area contributed by atoms with Crippen molar-refractivity contribution in [1.29, 1.82) is 5.26 Å². The summed E-state index contributed by atoms with van der Waals surface area (Å²) in [7, 11) is 0. The van der Waals surface area contributed by atoms with E-state index in [1.165, 1.54) is 12.1 Å². The van der Waals surface area contributed by atoms with Gasteiger partial charge in [-0.2, -0.15) is 5.26 Å². The Morgan fingerprint density at radius 3 is 2.63 bits per heavy atom. The first kappa shape index (κ1) is 26.3. The molecular weight excluding hydrogens is 494 g/mol. The molecule has 2 bridgehead atoms. The molecule has 38 heavy (non-hydrogen) atoms. The van der Waals surface area contributed by atoms with Gasteiger partial charge in [0.15, 0.2) is 0 Å². The zero-order valence-electron chi connectivity index (χ0n) is 21.7. The van der Waals surface area contributed by atoms with Gasteiger partial charge >= 0.3 is 6.09 Å². The fourth-order valence-electron chi connectivity index (χ4n) is 5.36. The van der Waals surface area contributed by atoms with Gasteiger partial charge in [0.05, 0.1) is 42.8 Å². The molecule has 0 aromatic heterocycles. The van der Waals surface area contributed by atoms with Crippen LogP contribution in [0, 0.1) is 29.0 Å². The molecule has 0 N–H and O–H groups in total. The molecule has 0 radical (unpaired) electrons. The summed E-state index contributed by atoms with van der Waals surface area (Å²) in [6, 6.07) is 5.77. The summed E-state index contributed by atoms with van der Waals surface area (Å²) in [5, 5.41) is 9.01. The highest BCUT2D eigenvalue weighted by atomic mass is 19.1. The van der Waals surface area contributed by atoms with Gasteiger partial charge in [0.25, 0.3) is 0 Å². The molecule has 3 unspecified atom stereocenters. The van der Waals surface area contributed by atoms with Gasteiger partial charge in [0, 0.05) is 24.9 Å².